The van der Waals surface area contributed by atoms with Crippen molar-refractivity contribution in [3.05, 3.63) is 17.7 Å². The second-order valence-electron chi connectivity index (χ2n) is 6.11. The first-order valence-electron chi connectivity index (χ1n) is 7.81. The molecule has 3 N–H and O–H groups in total. The van der Waals surface area contributed by atoms with E-state index in [-0.39, 0.29) is 11.9 Å². The normalized spacial score (nSPS) is 29.8. The molecule has 1 aliphatic heterocycles. The zero-order valence-corrected chi connectivity index (χ0v) is 12.1. The van der Waals surface area contributed by atoms with E-state index in [2.05, 4.69) is 27.5 Å². The summed E-state index contributed by atoms with van der Waals surface area (Å²) in [5, 5.41) is 6.53. The van der Waals surface area contributed by atoms with Gasteiger partial charge in [0.2, 0.25) is 5.91 Å². The van der Waals surface area contributed by atoms with Crippen molar-refractivity contribution in [1.29, 1.82) is 0 Å². The van der Waals surface area contributed by atoms with Crippen molar-refractivity contribution in [3.63, 3.8) is 0 Å². The van der Waals surface area contributed by atoms with Gasteiger partial charge >= 0.3 is 0 Å². The Labute approximate surface area is 119 Å². The summed E-state index contributed by atoms with van der Waals surface area (Å²) in [7, 11) is 0. The van der Waals surface area contributed by atoms with E-state index in [0.717, 1.165) is 30.1 Å². The maximum absolute atomic E-state index is 12.4. The van der Waals surface area contributed by atoms with Crippen molar-refractivity contribution in [1.82, 2.24) is 20.6 Å². The predicted octanol–water partition coefficient (Wildman–Crippen LogP) is 1.51. The molecule has 0 aromatic carbocycles. The topological polar surface area (TPSA) is 69.8 Å². The molecule has 0 radical (unpaired) electrons. The average Bonchev–Trinajstić information content (AvgIpc) is 2.94. The number of fused-ring (bicyclic) bond motifs is 1. The Hall–Kier alpha value is -1.36. The van der Waals surface area contributed by atoms with Crippen LogP contribution in [0, 0.1) is 5.92 Å². The van der Waals surface area contributed by atoms with Gasteiger partial charge in [-0.3, -0.25) is 10.1 Å². The molecule has 1 fully saturated rings. The van der Waals surface area contributed by atoms with Crippen LogP contribution in [0.15, 0.2) is 6.33 Å². The van der Waals surface area contributed by atoms with Gasteiger partial charge in [0.1, 0.15) is 0 Å². The standard InChI is InChI=1S/C15H24N4O/c1-2-10-4-3-5-11(6-10)19-15(20)13-7-12-14(8-16-13)18-9-17-12/h9-11,13,16H,2-8H2,1H3,(H,17,18)(H,19,20). The zero-order chi connectivity index (χ0) is 13.9. The van der Waals surface area contributed by atoms with E-state index in [0.29, 0.717) is 19.0 Å². The molecule has 0 saturated heterocycles. The van der Waals surface area contributed by atoms with E-state index in [1.807, 2.05) is 0 Å². The minimum atomic E-state index is -0.132. The number of aromatic amines is 1. The van der Waals surface area contributed by atoms with Crippen molar-refractivity contribution >= 4 is 5.91 Å². The molecule has 0 spiro atoms. The number of nitrogens with zero attached hydrogens (tertiary/aromatic N) is 1. The molecule has 1 saturated carbocycles. The molecule has 3 atom stereocenters. The molecule has 1 aliphatic carbocycles. The van der Waals surface area contributed by atoms with E-state index in [9.17, 15) is 4.79 Å². The van der Waals surface area contributed by atoms with Crippen molar-refractivity contribution in [2.24, 2.45) is 5.92 Å². The first-order valence-corrected chi connectivity index (χ1v) is 7.81. The third-order valence-corrected chi connectivity index (χ3v) is 4.75. The molecule has 3 rings (SSSR count). The largest absolute Gasteiger partial charge is 0.352 e. The van der Waals surface area contributed by atoms with Crippen LogP contribution in [0.4, 0.5) is 0 Å². The van der Waals surface area contributed by atoms with E-state index < -0.39 is 0 Å². The van der Waals surface area contributed by atoms with Crippen LogP contribution in [-0.4, -0.2) is 28.0 Å². The lowest BCUT2D eigenvalue weighted by atomic mass is 9.84. The maximum Gasteiger partial charge on any atom is 0.237 e. The lowest BCUT2D eigenvalue weighted by molar-refractivity contribution is -0.124. The second kappa shape index (κ2) is 5.95. The number of nitrogens with one attached hydrogen (secondary N) is 3. The Morgan fingerprint density at radius 3 is 3.25 bits per heavy atom. The van der Waals surface area contributed by atoms with Gasteiger partial charge in [0.05, 0.1) is 23.8 Å². The molecule has 110 valence electrons. The van der Waals surface area contributed by atoms with Gasteiger partial charge in [-0.2, -0.15) is 0 Å². The van der Waals surface area contributed by atoms with Crippen molar-refractivity contribution < 1.29 is 4.79 Å². The quantitative estimate of drug-likeness (QED) is 0.784. The third kappa shape index (κ3) is 2.87. The number of carbonyl (C=O) groups excluding carboxylic acids is 1. The van der Waals surface area contributed by atoms with Crippen LogP contribution in [0.1, 0.15) is 50.4 Å². The van der Waals surface area contributed by atoms with Gasteiger partial charge < -0.3 is 10.3 Å². The van der Waals surface area contributed by atoms with Crippen LogP contribution in [-0.2, 0) is 17.8 Å². The molecule has 0 bridgehead atoms. The molecule has 2 heterocycles. The summed E-state index contributed by atoms with van der Waals surface area (Å²) < 4.78 is 0. The Bertz CT molecular complexity index is 470. The zero-order valence-electron chi connectivity index (χ0n) is 12.1. The second-order valence-corrected chi connectivity index (χ2v) is 6.11. The van der Waals surface area contributed by atoms with E-state index in [1.54, 1.807) is 6.33 Å². The van der Waals surface area contributed by atoms with Gasteiger partial charge in [0.25, 0.3) is 0 Å². The highest BCUT2D eigenvalue weighted by Crippen LogP contribution is 2.26. The molecule has 5 heteroatoms. The summed E-state index contributed by atoms with van der Waals surface area (Å²) in [5.41, 5.74) is 2.14. The van der Waals surface area contributed by atoms with Crippen LogP contribution in [0.3, 0.4) is 0 Å². The summed E-state index contributed by atoms with van der Waals surface area (Å²) in [6.45, 7) is 2.95. The highest BCUT2D eigenvalue weighted by atomic mass is 16.2. The van der Waals surface area contributed by atoms with Crippen LogP contribution < -0.4 is 10.6 Å². The summed E-state index contributed by atoms with van der Waals surface area (Å²) in [5.74, 6) is 0.923. The summed E-state index contributed by atoms with van der Waals surface area (Å²) in [6, 6.07) is 0.233. The maximum atomic E-state index is 12.4. The van der Waals surface area contributed by atoms with Crippen molar-refractivity contribution in [3.8, 4) is 0 Å². The molecular weight excluding hydrogens is 252 g/mol. The number of amides is 1. The average molecular weight is 276 g/mol. The molecule has 2 aliphatic rings. The van der Waals surface area contributed by atoms with E-state index >= 15 is 0 Å². The minimum absolute atomic E-state index is 0.132. The van der Waals surface area contributed by atoms with E-state index in [1.165, 1.54) is 19.3 Å². The van der Waals surface area contributed by atoms with E-state index in [4.69, 9.17) is 0 Å². The number of H-pyrrole nitrogens is 1. The lowest BCUT2D eigenvalue weighted by Crippen LogP contribution is -2.51. The third-order valence-electron chi connectivity index (χ3n) is 4.75. The molecule has 1 aromatic heterocycles. The fourth-order valence-corrected chi connectivity index (χ4v) is 3.45. The van der Waals surface area contributed by atoms with Crippen molar-refractivity contribution in [2.75, 3.05) is 0 Å². The molecule has 3 unspecified atom stereocenters. The molecule has 1 aromatic rings. The van der Waals surface area contributed by atoms with Gasteiger partial charge in [0, 0.05) is 19.0 Å². The highest BCUT2D eigenvalue weighted by molar-refractivity contribution is 5.82. The van der Waals surface area contributed by atoms with Crippen molar-refractivity contribution in [2.45, 2.75) is 64.1 Å². The van der Waals surface area contributed by atoms with Gasteiger partial charge in [-0.15, -0.1) is 0 Å². The molecular formula is C15H24N4O. The number of hydrogen-bond acceptors (Lipinski definition) is 3. The number of carbonyl (C=O) groups is 1. The van der Waals surface area contributed by atoms with Gasteiger partial charge in [0.15, 0.2) is 0 Å². The number of hydrogen-bond donors (Lipinski definition) is 3. The van der Waals surface area contributed by atoms with Gasteiger partial charge in [-0.25, -0.2) is 4.98 Å². The first-order chi connectivity index (χ1) is 9.76. The highest BCUT2D eigenvalue weighted by Gasteiger charge is 2.28. The van der Waals surface area contributed by atoms with Gasteiger partial charge in [-0.05, 0) is 18.8 Å². The summed E-state index contributed by atoms with van der Waals surface area (Å²) in [6.07, 6.45) is 8.45. The van der Waals surface area contributed by atoms with Crippen LogP contribution in [0.2, 0.25) is 0 Å². The van der Waals surface area contributed by atoms with Crippen LogP contribution in [0.5, 0.6) is 0 Å². The Morgan fingerprint density at radius 2 is 2.40 bits per heavy atom. The lowest BCUT2D eigenvalue weighted by Gasteiger charge is -2.31. The monoisotopic (exact) mass is 276 g/mol. The number of imidazole rings is 1. The minimum Gasteiger partial charge on any atom is -0.352 e. The summed E-state index contributed by atoms with van der Waals surface area (Å²) in [4.78, 5) is 19.8. The number of rotatable bonds is 3. The van der Waals surface area contributed by atoms with Gasteiger partial charge in [-0.1, -0.05) is 26.2 Å². The van der Waals surface area contributed by atoms with Crippen LogP contribution >= 0.6 is 0 Å². The summed E-state index contributed by atoms with van der Waals surface area (Å²) >= 11 is 0. The SMILES string of the molecule is CCC1CCCC(NC(=O)C2Cc3nc[nH]c3CN2)C1. The Kier molecular flexibility index (Phi) is 4.05. The fourth-order valence-electron chi connectivity index (χ4n) is 3.45. The Morgan fingerprint density at radius 1 is 1.50 bits per heavy atom. The molecule has 5 nitrogen and oxygen atoms in total. The fraction of sp³-hybridized carbons (Fsp3) is 0.733. The smallest absolute Gasteiger partial charge is 0.237 e. The Balaban J connectivity index is 1.55. The van der Waals surface area contributed by atoms with Crippen LogP contribution in [0.25, 0.3) is 0 Å². The predicted molar refractivity (Wildman–Crippen MR) is 77.1 cm³/mol. The molecule has 20 heavy (non-hydrogen) atoms. The molecule has 1 amide bonds. The first kappa shape index (κ1) is 13.6. The number of aromatic nitrogens is 2.